The van der Waals surface area contributed by atoms with Gasteiger partial charge in [0, 0.05) is 16.7 Å². The molecule has 0 heterocycles. The fourth-order valence-corrected chi connectivity index (χ4v) is 2.48. The van der Waals surface area contributed by atoms with Gasteiger partial charge in [0.1, 0.15) is 5.60 Å². The van der Waals surface area contributed by atoms with Crippen molar-refractivity contribution in [1.82, 2.24) is 0 Å². The van der Waals surface area contributed by atoms with Crippen LogP contribution in [0.4, 0.5) is 0 Å². The van der Waals surface area contributed by atoms with Crippen LogP contribution in [0.1, 0.15) is 37.5 Å². The SMILES string of the molecule is CC(C)(C)OOC(=S)c1ccccc1.OOC(=S)c1ccccc1.OOC(=S)c1ccccc1. The summed E-state index contributed by atoms with van der Waals surface area (Å²) in [5, 5.41) is 16.9. The largest absolute Gasteiger partial charge is 0.328 e. The van der Waals surface area contributed by atoms with Crippen molar-refractivity contribution < 1.29 is 30.1 Å². The van der Waals surface area contributed by atoms with Crippen molar-refractivity contribution in [2.75, 3.05) is 0 Å². The van der Waals surface area contributed by atoms with E-state index < -0.39 is 0 Å². The minimum Gasteiger partial charge on any atom is -0.328 e. The minimum absolute atomic E-state index is 0.0978. The number of rotatable bonds is 4. The molecule has 0 aliphatic heterocycles. The Hall–Kier alpha value is -2.79. The zero-order valence-electron chi connectivity index (χ0n) is 18.9. The zero-order chi connectivity index (χ0) is 25.4. The quantitative estimate of drug-likeness (QED) is 0.220. The standard InChI is InChI=1S/C11H14O2S.2C7H6O2S/c1-11(2,3)13-12-10(14)9-7-5-4-6-8-9;2*8-9-7(10)6-4-2-1-3-5-6/h4-8H,1-3H3;2*1-5,8H. The van der Waals surface area contributed by atoms with Crippen molar-refractivity contribution in [2.45, 2.75) is 26.4 Å². The van der Waals surface area contributed by atoms with Gasteiger partial charge >= 0.3 is 0 Å². The zero-order valence-corrected chi connectivity index (χ0v) is 21.4. The molecule has 2 N–H and O–H groups in total. The lowest BCUT2D eigenvalue weighted by molar-refractivity contribution is -0.285. The molecule has 0 fully saturated rings. The first-order chi connectivity index (χ1) is 16.2. The Morgan fingerprint density at radius 3 is 1.12 bits per heavy atom. The molecule has 180 valence electrons. The molecule has 3 rings (SSSR count). The topological polar surface area (TPSA) is 77.4 Å². The van der Waals surface area contributed by atoms with Crippen molar-refractivity contribution in [3.05, 3.63) is 108 Å². The molecule has 3 aromatic rings. The minimum atomic E-state index is -0.348. The van der Waals surface area contributed by atoms with Crippen LogP contribution in [-0.4, -0.2) is 31.3 Å². The van der Waals surface area contributed by atoms with Crippen molar-refractivity contribution in [3.8, 4) is 0 Å². The number of hydrogen-bond donors (Lipinski definition) is 2. The fourth-order valence-electron chi connectivity index (χ4n) is 2.04. The van der Waals surface area contributed by atoms with Crippen LogP contribution in [0.5, 0.6) is 0 Å². The molecular weight excluding hydrogens is 492 g/mol. The predicted octanol–water partition coefficient (Wildman–Crippen LogP) is 6.81. The van der Waals surface area contributed by atoms with Crippen LogP contribution in [0.3, 0.4) is 0 Å². The molecule has 0 aliphatic rings. The fraction of sp³-hybridized carbons (Fsp3) is 0.160. The second-order valence-electron chi connectivity index (χ2n) is 7.42. The lowest BCUT2D eigenvalue weighted by Gasteiger charge is -2.17. The summed E-state index contributed by atoms with van der Waals surface area (Å²) in [6.45, 7) is 5.71. The maximum Gasteiger partial charge on any atom is 0.236 e. The first kappa shape index (κ1) is 29.2. The van der Waals surface area contributed by atoms with Crippen molar-refractivity contribution in [1.29, 1.82) is 0 Å². The third-order valence-corrected chi connectivity index (χ3v) is 4.49. The average molecular weight is 519 g/mol. The normalized spacial score (nSPS) is 9.79. The van der Waals surface area contributed by atoms with Gasteiger partial charge in [0.2, 0.25) is 15.2 Å². The van der Waals surface area contributed by atoms with Gasteiger partial charge in [0.05, 0.1) is 0 Å². The highest BCUT2D eigenvalue weighted by atomic mass is 32.1. The summed E-state index contributed by atoms with van der Waals surface area (Å²) in [5.74, 6) is 0. The lowest BCUT2D eigenvalue weighted by Crippen LogP contribution is -2.21. The van der Waals surface area contributed by atoms with Crippen LogP contribution in [0, 0.1) is 0 Å². The summed E-state index contributed by atoms with van der Waals surface area (Å²) in [5.41, 5.74) is 1.92. The first-order valence-electron chi connectivity index (χ1n) is 9.94. The molecule has 0 saturated carbocycles. The van der Waals surface area contributed by atoms with Gasteiger partial charge in [-0.15, -0.1) is 0 Å². The van der Waals surface area contributed by atoms with E-state index in [2.05, 4.69) is 34.2 Å². The highest BCUT2D eigenvalue weighted by Gasteiger charge is 2.14. The molecule has 0 aliphatic carbocycles. The molecule has 3 aromatic carbocycles. The molecule has 0 aromatic heterocycles. The molecule has 0 bridgehead atoms. The van der Waals surface area contributed by atoms with Gasteiger partial charge in [-0.05, 0) is 57.4 Å². The number of thiocarbonyl (C=S) groups is 3. The van der Waals surface area contributed by atoms with Gasteiger partial charge in [-0.1, -0.05) is 91.0 Å². The van der Waals surface area contributed by atoms with Crippen LogP contribution in [0.15, 0.2) is 91.0 Å². The number of benzene rings is 3. The maximum atomic E-state index is 8.15. The van der Waals surface area contributed by atoms with Crippen LogP contribution in [-0.2, 0) is 19.6 Å². The van der Waals surface area contributed by atoms with E-state index in [0.717, 1.165) is 5.56 Å². The molecular formula is C25H26O6S3. The summed E-state index contributed by atoms with van der Waals surface area (Å²) >= 11 is 14.3. The van der Waals surface area contributed by atoms with E-state index in [0.29, 0.717) is 16.2 Å². The lowest BCUT2D eigenvalue weighted by atomic mass is 10.2. The summed E-state index contributed by atoms with van der Waals surface area (Å²) in [7, 11) is 0. The summed E-state index contributed by atoms with van der Waals surface area (Å²) < 4.78 is 0. The summed E-state index contributed by atoms with van der Waals surface area (Å²) in [4.78, 5) is 17.9. The van der Waals surface area contributed by atoms with Gasteiger partial charge in [-0.2, -0.15) is 4.89 Å². The molecule has 9 heteroatoms. The van der Waals surface area contributed by atoms with E-state index in [4.69, 9.17) is 32.5 Å². The molecule has 0 atom stereocenters. The monoisotopic (exact) mass is 518 g/mol. The van der Waals surface area contributed by atoms with Crippen molar-refractivity contribution >= 4 is 51.8 Å². The highest BCUT2D eigenvalue weighted by Crippen LogP contribution is 2.10. The second-order valence-corrected chi connectivity index (χ2v) is 8.53. The highest BCUT2D eigenvalue weighted by molar-refractivity contribution is 7.80. The smallest absolute Gasteiger partial charge is 0.236 e. The van der Waals surface area contributed by atoms with E-state index in [1.165, 1.54) is 0 Å². The Kier molecular flexibility index (Phi) is 13.7. The van der Waals surface area contributed by atoms with Crippen LogP contribution in [0.25, 0.3) is 0 Å². The number of hydrogen-bond acceptors (Lipinski definition) is 9. The van der Waals surface area contributed by atoms with Gasteiger partial charge in [0.25, 0.3) is 0 Å². The molecule has 0 spiro atoms. The van der Waals surface area contributed by atoms with Crippen LogP contribution < -0.4 is 0 Å². The first-order valence-corrected chi connectivity index (χ1v) is 11.2. The molecule has 0 saturated heterocycles. The van der Waals surface area contributed by atoms with E-state index in [1.807, 2.05) is 87.5 Å². The van der Waals surface area contributed by atoms with Crippen molar-refractivity contribution in [2.24, 2.45) is 0 Å². The molecule has 0 amide bonds. The Morgan fingerprint density at radius 2 is 0.853 bits per heavy atom. The molecule has 34 heavy (non-hydrogen) atoms. The Balaban J connectivity index is 0.000000261. The third-order valence-electron chi connectivity index (χ3n) is 3.56. The molecule has 0 radical (unpaired) electrons. The van der Waals surface area contributed by atoms with E-state index in [9.17, 15) is 0 Å². The Bertz CT molecular complexity index is 956. The Labute approximate surface area is 215 Å². The van der Waals surface area contributed by atoms with E-state index in [-0.39, 0.29) is 15.7 Å². The van der Waals surface area contributed by atoms with Crippen LogP contribution >= 0.6 is 36.7 Å². The van der Waals surface area contributed by atoms with Gasteiger partial charge in [-0.3, -0.25) is 0 Å². The van der Waals surface area contributed by atoms with Gasteiger partial charge < -0.3 is 14.7 Å². The third kappa shape index (κ3) is 12.4. The summed E-state index contributed by atoms with van der Waals surface area (Å²) in [6, 6.07) is 27.6. The van der Waals surface area contributed by atoms with Crippen LogP contribution in [0.2, 0.25) is 0 Å². The Morgan fingerprint density at radius 1 is 0.559 bits per heavy atom. The summed E-state index contributed by atoms with van der Waals surface area (Å²) in [6.07, 6.45) is 0. The second kappa shape index (κ2) is 15.9. The van der Waals surface area contributed by atoms with E-state index in [1.54, 1.807) is 24.3 Å². The van der Waals surface area contributed by atoms with E-state index >= 15 is 0 Å². The molecule has 6 nitrogen and oxygen atoms in total. The molecule has 0 unspecified atom stereocenters. The van der Waals surface area contributed by atoms with Crippen molar-refractivity contribution in [3.63, 3.8) is 0 Å². The predicted molar refractivity (Wildman–Crippen MR) is 144 cm³/mol. The maximum absolute atomic E-state index is 8.15. The van der Waals surface area contributed by atoms with Gasteiger partial charge in [0.15, 0.2) is 0 Å². The van der Waals surface area contributed by atoms with Gasteiger partial charge in [-0.25, -0.2) is 10.5 Å². The average Bonchev–Trinajstić information content (AvgIpc) is 2.88.